The van der Waals surface area contributed by atoms with E-state index in [4.69, 9.17) is 11.1 Å². The highest BCUT2D eigenvalue weighted by molar-refractivity contribution is 7.23. The van der Waals surface area contributed by atoms with E-state index in [1.54, 1.807) is 0 Å². The van der Waals surface area contributed by atoms with Crippen LogP contribution in [0.15, 0.2) is 12.3 Å². The number of halogens is 1. The van der Waals surface area contributed by atoms with Crippen molar-refractivity contribution in [1.29, 1.82) is 0 Å². The molecule has 64 valence electrons. The molecule has 1 heterocycles. The van der Waals surface area contributed by atoms with E-state index in [2.05, 4.69) is 12.3 Å². The molecule has 0 saturated carbocycles. The molecule has 0 bridgehead atoms. The van der Waals surface area contributed by atoms with Gasteiger partial charge in [-0.1, -0.05) is 37.8 Å². The van der Waals surface area contributed by atoms with Crippen LogP contribution >= 0.6 is 11.1 Å². The van der Waals surface area contributed by atoms with Crippen LogP contribution in [-0.4, -0.2) is 7.38 Å². The highest BCUT2D eigenvalue weighted by Gasteiger charge is 2.26. The molecule has 11 heavy (non-hydrogen) atoms. The predicted molar refractivity (Wildman–Crippen MR) is 54.5 cm³/mol. The van der Waals surface area contributed by atoms with Crippen molar-refractivity contribution in [3.8, 4) is 0 Å². The van der Waals surface area contributed by atoms with Gasteiger partial charge in [0.05, 0.1) is 0 Å². The van der Waals surface area contributed by atoms with Crippen molar-refractivity contribution in [1.82, 2.24) is 0 Å². The van der Waals surface area contributed by atoms with E-state index >= 15 is 0 Å². The minimum Gasteiger partial charge on any atom is -0.162 e. The van der Waals surface area contributed by atoms with Crippen LogP contribution in [-0.2, 0) is 0 Å². The predicted octanol–water partition coefficient (Wildman–Crippen LogP) is 3.86. The number of rotatable bonds is 1. The van der Waals surface area contributed by atoms with Gasteiger partial charge in [-0.2, -0.15) is 11.1 Å². The summed E-state index contributed by atoms with van der Waals surface area (Å²) >= 11 is 6.46. The molecule has 0 N–H and O–H groups in total. The zero-order chi connectivity index (χ0) is 8.16. The van der Waals surface area contributed by atoms with Gasteiger partial charge in [-0.15, -0.1) is 6.58 Å². The quantitative estimate of drug-likeness (QED) is 0.433. The fraction of sp³-hybridized carbons (Fsp3) is 0.778. The monoisotopic (exact) mass is 188 g/mol. The molecule has 0 radical (unpaired) electrons. The first-order valence-electron chi connectivity index (χ1n) is 4.59. The van der Waals surface area contributed by atoms with E-state index in [1.807, 2.05) is 0 Å². The Bertz CT molecular complexity index is 126. The Morgan fingerprint density at radius 2 is 1.45 bits per heavy atom. The fourth-order valence-electron chi connectivity index (χ4n) is 1.70. The first kappa shape index (κ1) is 9.34. The lowest BCUT2D eigenvalue weighted by molar-refractivity contribution is 0.635. The van der Waals surface area contributed by atoms with Gasteiger partial charge in [-0.05, 0) is 12.1 Å². The third-order valence-corrected chi connectivity index (χ3v) is 7.25. The van der Waals surface area contributed by atoms with Crippen molar-refractivity contribution in [3.63, 3.8) is 0 Å². The summed E-state index contributed by atoms with van der Waals surface area (Å²) in [6, 6.07) is 2.52. The van der Waals surface area contributed by atoms with Crippen LogP contribution < -0.4 is 0 Å². The molecule has 2 heteroatoms. The average Bonchev–Trinajstić information content (AvgIpc) is 1.98. The van der Waals surface area contributed by atoms with Crippen LogP contribution in [0.3, 0.4) is 0 Å². The van der Waals surface area contributed by atoms with Crippen molar-refractivity contribution in [2.24, 2.45) is 0 Å². The van der Waals surface area contributed by atoms with E-state index in [1.165, 1.54) is 44.2 Å². The molecule has 1 aliphatic heterocycles. The maximum Gasteiger partial charge on any atom is 0.179 e. The normalized spacial score (nSPS) is 25.2. The highest BCUT2D eigenvalue weighted by Crippen LogP contribution is 2.30. The van der Waals surface area contributed by atoms with Crippen molar-refractivity contribution in [2.75, 3.05) is 0 Å². The van der Waals surface area contributed by atoms with Crippen LogP contribution in [0, 0.1) is 0 Å². The van der Waals surface area contributed by atoms with E-state index in [9.17, 15) is 0 Å². The van der Waals surface area contributed by atoms with Crippen molar-refractivity contribution >= 4 is 18.5 Å². The maximum absolute atomic E-state index is 6.46. The molecule has 1 aliphatic rings. The van der Waals surface area contributed by atoms with Gasteiger partial charge in [0.25, 0.3) is 0 Å². The summed E-state index contributed by atoms with van der Waals surface area (Å²) in [6.07, 6.45) is 6.85. The van der Waals surface area contributed by atoms with E-state index in [-0.39, 0.29) is 0 Å². The molecule has 0 aromatic carbocycles. The average molecular weight is 189 g/mol. The van der Waals surface area contributed by atoms with Gasteiger partial charge in [0.2, 0.25) is 0 Å². The van der Waals surface area contributed by atoms with Crippen LogP contribution in [0.4, 0.5) is 0 Å². The summed E-state index contributed by atoms with van der Waals surface area (Å²) in [5.41, 5.74) is 2.07. The minimum atomic E-state index is -1.46. The topological polar surface area (TPSA) is 0 Å². The van der Waals surface area contributed by atoms with Crippen LogP contribution in [0.5, 0.6) is 0 Å². The van der Waals surface area contributed by atoms with Gasteiger partial charge in [0.15, 0.2) is 7.38 Å². The zero-order valence-corrected chi connectivity index (χ0v) is 8.87. The Hall–Kier alpha value is 0.247. The third-order valence-electron chi connectivity index (χ3n) is 2.55. The number of hydrogen-bond acceptors (Lipinski definition) is 0. The Labute approximate surface area is 75.4 Å². The molecule has 0 unspecified atom stereocenters. The van der Waals surface area contributed by atoms with E-state index < -0.39 is 7.38 Å². The second-order valence-electron chi connectivity index (χ2n) is 3.51. The molecule has 0 aromatic heterocycles. The lowest BCUT2D eigenvalue weighted by atomic mass is 10.2. The molecule has 1 rings (SSSR count). The molecular formula is C9H17ClSi. The second kappa shape index (κ2) is 4.32. The van der Waals surface area contributed by atoms with Crippen LogP contribution in [0.1, 0.15) is 32.1 Å². The standard InChI is InChI=1S/C9H17ClSi/c1-2-11(10)8-6-4-3-5-7-9-11/h2H,1,3-9H2. The number of hydrogen-bond donors (Lipinski definition) is 0. The molecule has 1 fully saturated rings. The van der Waals surface area contributed by atoms with E-state index in [0.717, 1.165) is 0 Å². The molecule has 1 saturated heterocycles. The molecule has 0 atom stereocenters. The van der Waals surface area contributed by atoms with E-state index in [0.29, 0.717) is 0 Å². The zero-order valence-electron chi connectivity index (χ0n) is 7.11. The summed E-state index contributed by atoms with van der Waals surface area (Å²) in [4.78, 5) is 0. The van der Waals surface area contributed by atoms with Gasteiger partial charge in [0, 0.05) is 0 Å². The fourth-order valence-corrected chi connectivity index (χ4v) is 4.83. The van der Waals surface area contributed by atoms with Crippen LogP contribution in [0.25, 0.3) is 0 Å². The smallest absolute Gasteiger partial charge is 0.162 e. The Morgan fingerprint density at radius 3 is 1.91 bits per heavy atom. The van der Waals surface area contributed by atoms with Gasteiger partial charge in [-0.25, -0.2) is 0 Å². The first-order valence-corrected chi connectivity index (χ1v) is 8.10. The Kier molecular flexibility index (Phi) is 3.66. The van der Waals surface area contributed by atoms with Crippen molar-refractivity contribution < 1.29 is 0 Å². The second-order valence-corrected chi connectivity index (χ2v) is 9.24. The molecule has 0 amide bonds. The Morgan fingerprint density at radius 1 is 1.00 bits per heavy atom. The molecule has 0 nitrogen and oxygen atoms in total. The van der Waals surface area contributed by atoms with Gasteiger partial charge >= 0.3 is 0 Å². The summed E-state index contributed by atoms with van der Waals surface area (Å²) in [5.74, 6) is 0. The third kappa shape index (κ3) is 3.00. The van der Waals surface area contributed by atoms with Gasteiger partial charge in [-0.3, -0.25) is 0 Å². The molecule has 0 aliphatic carbocycles. The summed E-state index contributed by atoms with van der Waals surface area (Å²) < 4.78 is 0. The minimum absolute atomic E-state index is 1.26. The molecule has 0 spiro atoms. The first-order chi connectivity index (χ1) is 5.27. The summed E-state index contributed by atoms with van der Waals surface area (Å²) in [5, 5.41) is 0. The maximum atomic E-state index is 6.46. The van der Waals surface area contributed by atoms with Crippen LogP contribution in [0.2, 0.25) is 12.1 Å². The van der Waals surface area contributed by atoms with Crippen molar-refractivity contribution in [3.05, 3.63) is 12.3 Å². The summed E-state index contributed by atoms with van der Waals surface area (Å²) in [7, 11) is -1.46. The highest BCUT2D eigenvalue weighted by atomic mass is 35.6. The van der Waals surface area contributed by atoms with Gasteiger partial charge < -0.3 is 0 Å². The lowest BCUT2D eigenvalue weighted by Gasteiger charge is -2.22. The SMILES string of the molecule is C=C[Si]1(Cl)CCCCCCC1. The lowest BCUT2D eigenvalue weighted by Crippen LogP contribution is -2.24. The molecular weight excluding hydrogens is 172 g/mol. The van der Waals surface area contributed by atoms with Gasteiger partial charge in [0.1, 0.15) is 0 Å². The largest absolute Gasteiger partial charge is 0.179 e. The molecule has 0 aromatic rings. The van der Waals surface area contributed by atoms with Crippen molar-refractivity contribution in [2.45, 2.75) is 44.2 Å². The summed E-state index contributed by atoms with van der Waals surface area (Å²) in [6.45, 7) is 3.86. The Balaban J connectivity index is 2.43.